The molecule has 1 aromatic heterocycles. The van der Waals surface area contributed by atoms with Crippen molar-refractivity contribution >= 4 is 17.5 Å². The van der Waals surface area contributed by atoms with Crippen LogP contribution in [0.4, 0.5) is 11.6 Å². The summed E-state index contributed by atoms with van der Waals surface area (Å²) >= 11 is 0. The number of nitrogens with one attached hydrogen (secondary N) is 2. The van der Waals surface area contributed by atoms with E-state index in [2.05, 4.69) is 20.6 Å². The van der Waals surface area contributed by atoms with Crippen molar-refractivity contribution in [3.8, 4) is 5.75 Å². The summed E-state index contributed by atoms with van der Waals surface area (Å²) in [4.78, 5) is 20.8. The SMILES string of the molecule is COc1cccc(NC(=O)c2cnc(NC(C)c3ccccc3)nc2)c1. The second-order valence-electron chi connectivity index (χ2n) is 5.76. The van der Waals surface area contributed by atoms with Crippen LogP contribution >= 0.6 is 0 Å². The zero-order valence-corrected chi connectivity index (χ0v) is 14.6. The summed E-state index contributed by atoms with van der Waals surface area (Å²) in [6.45, 7) is 2.03. The molecular formula is C20H20N4O2. The van der Waals surface area contributed by atoms with E-state index < -0.39 is 0 Å². The highest BCUT2D eigenvalue weighted by molar-refractivity contribution is 6.03. The second kappa shape index (κ2) is 8.11. The Morgan fingerprint density at radius 3 is 2.46 bits per heavy atom. The normalized spacial score (nSPS) is 11.5. The molecule has 0 aliphatic carbocycles. The van der Waals surface area contributed by atoms with Crippen molar-refractivity contribution in [1.82, 2.24) is 9.97 Å². The van der Waals surface area contributed by atoms with Crippen molar-refractivity contribution < 1.29 is 9.53 Å². The number of nitrogens with zero attached hydrogens (tertiary/aromatic N) is 2. The monoisotopic (exact) mass is 348 g/mol. The Morgan fingerprint density at radius 2 is 1.77 bits per heavy atom. The highest BCUT2D eigenvalue weighted by Gasteiger charge is 2.10. The molecular weight excluding hydrogens is 328 g/mol. The lowest BCUT2D eigenvalue weighted by molar-refractivity contribution is 0.102. The number of benzene rings is 2. The van der Waals surface area contributed by atoms with Gasteiger partial charge in [-0.05, 0) is 24.6 Å². The van der Waals surface area contributed by atoms with Gasteiger partial charge in [0.1, 0.15) is 5.75 Å². The number of hydrogen-bond donors (Lipinski definition) is 2. The third-order valence-corrected chi connectivity index (χ3v) is 3.89. The Kier molecular flexibility index (Phi) is 5.43. The molecule has 1 heterocycles. The Hall–Kier alpha value is -3.41. The first-order valence-corrected chi connectivity index (χ1v) is 8.24. The average Bonchev–Trinajstić information content (AvgIpc) is 2.69. The standard InChI is InChI=1S/C20H20N4O2/c1-14(15-7-4-3-5-8-15)23-20-21-12-16(13-22-20)19(25)24-17-9-6-10-18(11-17)26-2/h3-14H,1-2H3,(H,24,25)(H,21,22,23). The molecule has 132 valence electrons. The second-order valence-corrected chi connectivity index (χ2v) is 5.76. The van der Waals surface area contributed by atoms with Gasteiger partial charge in [0.05, 0.1) is 18.7 Å². The zero-order chi connectivity index (χ0) is 18.4. The van der Waals surface area contributed by atoms with Crippen molar-refractivity contribution in [3.63, 3.8) is 0 Å². The molecule has 1 unspecified atom stereocenters. The maximum absolute atomic E-state index is 12.3. The third kappa shape index (κ3) is 4.36. The van der Waals surface area contributed by atoms with Crippen LogP contribution in [0.2, 0.25) is 0 Å². The van der Waals surface area contributed by atoms with Crippen molar-refractivity contribution in [1.29, 1.82) is 0 Å². The van der Waals surface area contributed by atoms with Gasteiger partial charge >= 0.3 is 0 Å². The minimum absolute atomic E-state index is 0.0626. The first kappa shape index (κ1) is 17.4. The van der Waals surface area contributed by atoms with Crippen LogP contribution in [0, 0.1) is 0 Å². The van der Waals surface area contributed by atoms with Gasteiger partial charge in [-0.1, -0.05) is 36.4 Å². The largest absolute Gasteiger partial charge is 0.497 e. The fourth-order valence-electron chi connectivity index (χ4n) is 2.44. The van der Waals surface area contributed by atoms with E-state index in [0.717, 1.165) is 5.56 Å². The first-order valence-electron chi connectivity index (χ1n) is 8.24. The molecule has 26 heavy (non-hydrogen) atoms. The molecule has 6 nitrogen and oxygen atoms in total. The highest BCUT2D eigenvalue weighted by atomic mass is 16.5. The Balaban J connectivity index is 1.64. The molecule has 0 saturated heterocycles. The molecule has 0 spiro atoms. The van der Waals surface area contributed by atoms with E-state index in [-0.39, 0.29) is 11.9 Å². The number of aromatic nitrogens is 2. The maximum Gasteiger partial charge on any atom is 0.258 e. The summed E-state index contributed by atoms with van der Waals surface area (Å²) in [6, 6.07) is 17.2. The van der Waals surface area contributed by atoms with E-state index in [1.54, 1.807) is 19.2 Å². The highest BCUT2D eigenvalue weighted by Crippen LogP contribution is 2.18. The minimum atomic E-state index is -0.277. The molecule has 0 saturated carbocycles. The lowest BCUT2D eigenvalue weighted by Gasteiger charge is -2.14. The molecule has 2 N–H and O–H groups in total. The quantitative estimate of drug-likeness (QED) is 0.706. The van der Waals surface area contributed by atoms with Crippen LogP contribution in [-0.2, 0) is 0 Å². The predicted octanol–water partition coefficient (Wildman–Crippen LogP) is 3.91. The Morgan fingerprint density at radius 1 is 1.04 bits per heavy atom. The van der Waals surface area contributed by atoms with Crippen molar-refractivity contribution in [2.45, 2.75) is 13.0 Å². The number of ether oxygens (including phenoxy) is 1. The van der Waals surface area contributed by atoms with E-state index >= 15 is 0 Å². The van der Waals surface area contributed by atoms with Crippen LogP contribution in [0.1, 0.15) is 28.9 Å². The molecule has 0 radical (unpaired) electrons. The predicted molar refractivity (Wildman–Crippen MR) is 101 cm³/mol. The topological polar surface area (TPSA) is 76.1 Å². The number of hydrogen-bond acceptors (Lipinski definition) is 5. The summed E-state index contributed by atoms with van der Waals surface area (Å²) in [5.41, 5.74) is 2.16. The van der Waals surface area contributed by atoms with Crippen LogP contribution in [0.25, 0.3) is 0 Å². The number of rotatable bonds is 6. The summed E-state index contributed by atoms with van der Waals surface area (Å²) in [7, 11) is 1.58. The van der Waals surface area contributed by atoms with Gasteiger partial charge in [0, 0.05) is 24.1 Å². The van der Waals surface area contributed by atoms with Crippen LogP contribution in [0.15, 0.2) is 67.0 Å². The zero-order valence-electron chi connectivity index (χ0n) is 14.6. The molecule has 3 aromatic rings. The van der Waals surface area contributed by atoms with Crippen molar-refractivity contribution in [3.05, 3.63) is 78.1 Å². The van der Waals surface area contributed by atoms with E-state index in [0.29, 0.717) is 22.9 Å². The Labute approximate surface area is 152 Å². The number of anilines is 2. The van der Waals surface area contributed by atoms with E-state index in [1.165, 1.54) is 12.4 Å². The Bertz CT molecular complexity index is 866. The van der Waals surface area contributed by atoms with E-state index in [9.17, 15) is 4.79 Å². The van der Waals surface area contributed by atoms with Crippen LogP contribution in [0.5, 0.6) is 5.75 Å². The summed E-state index contributed by atoms with van der Waals surface area (Å²) in [5.74, 6) is 0.869. The van der Waals surface area contributed by atoms with Crippen LogP contribution in [0.3, 0.4) is 0 Å². The summed E-state index contributed by atoms with van der Waals surface area (Å²) in [6.07, 6.45) is 3.01. The fourth-order valence-corrected chi connectivity index (χ4v) is 2.44. The molecule has 1 atom stereocenters. The van der Waals surface area contributed by atoms with Crippen LogP contribution < -0.4 is 15.4 Å². The van der Waals surface area contributed by atoms with Crippen molar-refractivity contribution in [2.75, 3.05) is 17.7 Å². The molecule has 0 bridgehead atoms. The number of methoxy groups -OCH3 is 1. The first-order chi connectivity index (χ1) is 12.7. The molecule has 1 amide bonds. The summed E-state index contributed by atoms with van der Waals surface area (Å²) in [5, 5.41) is 6.02. The smallest absolute Gasteiger partial charge is 0.258 e. The van der Waals surface area contributed by atoms with Gasteiger partial charge in [0.15, 0.2) is 0 Å². The van der Waals surface area contributed by atoms with Crippen LogP contribution in [-0.4, -0.2) is 23.0 Å². The molecule has 0 aliphatic heterocycles. The van der Waals surface area contributed by atoms with Gasteiger partial charge in [-0.15, -0.1) is 0 Å². The fraction of sp³-hybridized carbons (Fsp3) is 0.150. The number of carbonyl (C=O) groups is 1. The third-order valence-electron chi connectivity index (χ3n) is 3.89. The van der Waals surface area contributed by atoms with Gasteiger partial charge in [0.25, 0.3) is 5.91 Å². The van der Waals surface area contributed by atoms with Gasteiger partial charge < -0.3 is 15.4 Å². The lowest BCUT2D eigenvalue weighted by atomic mass is 10.1. The lowest BCUT2D eigenvalue weighted by Crippen LogP contribution is -2.14. The van der Waals surface area contributed by atoms with Gasteiger partial charge in [-0.3, -0.25) is 4.79 Å². The van der Waals surface area contributed by atoms with Gasteiger partial charge in [-0.25, -0.2) is 9.97 Å². The molecule has 2 aromatic carbocycles. The average molecular weight is 348 g/mol. The molecule has 6 heteroatoms. The van der Waals surface area contributed by atoms with Gasteiger partial charge in [0.2, 0.25) is 5.95 Å². The molecule has 0 aliphatic rings. The summed E-state index contributed by atoms with van der Waals surface area (Å²) < 4.78 is 5.15. The molecule has 0 fully saturated rings. The minimum Gasteiger partial charge on any atom is -0.497 e. The maximum atomic E-state index is 12.3. The number of amides is 1. The van der Waals surface area contributed by atoms with Crippen molar-refractivity contribution in [2.24, 2.45) is 0 Å². The van der Waals surface area contributed by atoms with E-state index in [1.807, 2.05) is 49.4 Å². The number of carbonyl (C=O) groups excluding carboxylic acids is 1. The molecule has 3 rings (SSSR count). The van der Waals surface area contributed by atoms with Gasteiger partial charge in [-0.2, -0.15) is 0 Å². The van der Waals surface area contributed by atoms with E-state index in [4.69, 9.17) is 4.74 Å².